The molecule has 1 aromatic heterocycles. The van der Waals surface area contributed by atoms with Gasteiger partial charge in [-0.05, 0) is 33.6 Å². The van der Waals surface area contributed by atoms with Crippen molar-refractivity contribution >= 4 is 15.9 Å². The molecule has 20 heavy (non-hydrogen) atoms. The summed E-state index contributed by atoms with van der Waals surface area (Å²) in [5, 5.41) is 9.13. The Bertz CT molecular complexity index is 609. The number of aliphatic hydroxyl groups is 1. The van der Waals surface area contributed by atoms with E-state index in [0.29, 0.717) is 5.56 Å². The molecule has 0 aliphatic heterocycles. The first kappa shape index (κ1) is 15.1. The third kappa shape index (κ3) is 3.21. The van der Waals surface area contributed by atoms with Gasteiger partial charge in [-0.15, -0.1) is 0 Å². The fourth-order valence-corrected chi connectivity index (χ4v) is 2.17. The summed E-state index contributed by atoms with van der Waals surface area (Å²) in [6.07, 6.45) is -4.62. The van der Waals surface area contributed by atoms with Gasteiger partial charge in [-0.25, -0.2) is 4.39 Å². The topological polar surface area (TPSA) is 25.2 Å². The number of rotatable bonds is 3. The monoisotopic (exact) mass is 351 g/mol. The molecule has 2 aromatic rings. The highest BCUT2D eigenvalue weighted by molar-refractivity contribution is 9.10. The standard InChI is InChI=1S/C13H10BrF4NO/c14-11-8(2-1-3-10(11)15)6-19-5-4-9(7-19)12(20)13(16,17)18/h1-5,7,12,20H,6H2. The van der Waals surface area contributed by atoms with Crippen molar-refractivity contribution in [3.63, 3.8) is 0 Å². The van der Waals surface area contributed by atoms with Crippen LogP contribution < -0.4 is 0 Å². The maximum Gasteiger partial charge on any atom is 0.418 e. The summed E-state index contributed by atoms with van der Waals surface area (Å²) in [4.78, 5) is 0. The minimum atomic E-state index is -4.70. The van der Waals surface area contributed by atoms with Gasteiger partial charge in [0.15, 0.2) is 6.10 Å². The molecule has 7 heteroatoms. The Morgan fingerprint density at radius 2 is 1.95 bits per heavy atom. The molecule has 1 heterocycles. The third-order valence-corrected chi connectivity index (χ3v) is 3.67. The molecule has 0 bridgehead atoms. The molecule has 1 unspecified atom stereocenters. The number of hydrogen-bond acceptors (Lipinski definition) is 1. The van der Waals surface area contributed by atoms with E-state index in [2.05, 4.69) is 15.9 Å². The lowest BCUT2D eigenvalue weighted by atomic mass is 10.2. The molecule has 0 radical (unpaired) electrons. The van der Waals surface area contributed by atoms with E-state index in [4.69, 9.17) is 5.11 Å². The molecule has 2 rings (SSSR count). The van der Waals surface area contributed by atoms with Crippen molar-refractivity contribution in [2.45, 2.75) is 18.8 Å². The number of aromatic nitrogens is 1. The van der Waals surface area contributed by atoms with Crippen LogP contribution in [0.3, 0.4) is 0 Å². The molecule has 108 valence electrons. The average molecular weight is 352 g/mol. The molecule has 0 fully saturated rings. The lowest BCUT2D eigenvalue weighted by Gasteiger charge is -2.12. The molecule has 0 saturated heterocycles. The quantitative estimate of drug-likeness (QED) is 0.829. The Morgan fingerprint density at radius 3 is 2.60 bits per heavy atom. The number of nitrogens with zero attached hydrogens (tertiary/aromatic N) is 1. The van der Waals surface area contributed by atoms with Gasteiger partial charge in [0.05, 0.1) is 4.47 Å². The summed E-state index contributed by atoms with van der Waals surface area (Å²) in [6.45, 7) is 0.197. The predicted octanol–water partition coefficient (Wildman–Crippen LogP) is 4.03. The highest BCUT2D eigenvalue weighted by atomic mass is 79.9. The molecule has 0 aliphatic carbocycles. The Labute approximate surface area is 120 Å². The lowest BCUT2D eigenvalue weighted by molar-refractivity contribution is -0.206. The number of aliphatic hydroxyl groups excluding tert-OH is 1. The van der Waals surface area contributed by atoms with E-state index in [1.165, 1.54) is 35.2 Å². The van der Waals surface area contributed by atoms with Crippen molar-refractivity contribution in [2.24, 2.45) is 0 Å². The lowest BCUT2D eigenvalue weighted by Crippen LogP contribution is -2.19. The van der Waals surface area contributed by atoms with Crippen LogP contribution in [0.25, 0.3) is 0 Å². The number of hydrogen-bond donors (Lipinski definition) is 1. The van der Waals surface area contributed by atoms with Crippen LogP contribution in [-0.2, 0) is 6.54 Å². The number of benzene rings is 1. The van der Waals surface area contributed by atoms with E-state index < -0.39 is 18.1 Å². The van der Waals surface area contributed by atoms with Crippen molar-refractivity contribution in [3.8, 4) is 0 Å². The van der Waals surface area contributed by atoms with Gasteiger partial charge in [0.1, 0.15) is 5.82 Å². The van der Waals surface area contributed by atoms with Crippen molar-refractivity contribution in [1.82, 2.24) is 4.57 Å². The van der Waals surface area contributed by atoms with Crippen LogP contribution in [0, 0.1) is 5.82 Å². The fourth-order valence-electron chi connectivity index (χ4n) is 1.78. The smallest absolute Gasteiger partial charge is 0.379 e. The Kier molecular flexibility index (Phi) is 4.19. The first-order valence-corrected chi connectivity index (χ1v) is 6.41. The van der Waals surface area contributed by atoms with Gasteiger partial charge in [0.25, 0.3) is 0 Å². The van der Waals surface area contributed by atoms with E-state index in [0.717, 1.165) is 0 Å². The van der Waals surface area contributed by atoms with E-state index in [1.54, 1.807) is 6.07 Å². The summed E-state index contributed by atoms with van der Waals surface area (Å²) < 4.78 is 52.2. The zero-order valence-corrected chi connectivity index (χ0v) is 11.6. The molecule has 0 aliphatic rings. The molecule has 0 spiro atoms. The summed E-state index contributed by atoms with van der Waals surface area (Å²) in [5.74, 6) is -0.440. The maximum atomic E-state index is 13.3. The normalized spacial score (nSPS) is 13.5. The number of halogens is 5. The summed E-state index contributed by atoms with van der Waals surface area (Å²) in [7, 11) is 0. The van der Waals surface area contributed by atoms with Gasteiger partial charge in [0.2, 0.25) is 0 Å². The van der Waals surface area contributed by atoms with Crippen LogP contribution in [-0.4, -0.2) is 15.8 Å². The second kappa shape index (κ2) is 5.57. The second-order valence-corrected chi connectivity index (χ2v) is 5.07. The fraction of sp³-hybridized carbons (Fsp3) is 0.231. The SMILES string of the molecule is OC(c1ccn(Cc2cccc(F)c2Br)c1)C(F)(F)F. The molecule has 1 atom stereocenters. The number of alkyl halides is 3. The van der Waals surface area contributed by atoms with Crippen LogP contribution in [0.5, 0.6) is 0 Å². The minimum Gasteiger partial charge on any atom is -0.379 e. The third-order valence-electron chi connectivity index (χ3n) is 2.78. The summed E-state index contributed by atoms with van der Waals surface area (Å²) in [5.41, 5.74) is 0.346. The Balaban J connectivity index is 2.20. The molecule has 1 N–H and O–H groups in total. The molecule has 0 saturated carbocycles. The Hall–Kier alpha value is -1.34. The summed E-state index contributed by atoms with van der Waals surface area (Å²) >= 11 is 3.09. The van der Waals surface area contributed by atoms with Gasteiger partial charge < -0.3 is 9.67 Å². The largest absolute Gasteiger partial charge is 0.418 e. The first-order chi connectivity index (χ1) is 9.29. The summed E-state index contributed by atoms with van der Waals surface area (Å²) in [6, 6.07) is 5.64. The maximum absolute atomic E-state index is 13.3. The zero-order chi connectivity index (χ0) is 14.9. The zero-order valence-electron chi connectivity index (χ0n) is 10.0. The van der Waals surface area contributed by atoms with Gasteiger partial charge in [-0.2, -0.15) is 13.2 Å². The minimum absolute atomic E-state index is 0.197. The molecular weight excluding hydrogens is 342 g/mol. The van der Waals surface area contributed by atoms with Gasteiger partial charge in [-0.3, -0.25) is 0 Å². The van der Waals surface area contributed by atoms with E-state index in [-0.39, 0.29) is 16.6 Å². The van der Waals surface area contributed by atoms with Crippen molar-refractivity contribution < 1.29 is 22.7 Å². The van der Waals surface area contributed by atoms with Crippen LogP contribution in [0.15, 0.2) is 41.1 Å². The van der Waals surface area contributed by atoms with Crippen molar-refractivity contribution in [2.75, 3.05) is 0 Å². The van der Waals surface area contributed by atoms with E-state index in [9.17, 15) is 17.6 Å². The van der Waals surface area contributed by atoms with Gasteiger partial charge in [-0.1, -0.05) is 12.1 Å². The molecular formula is C13H10BrF4NO. The Morgan fingerprint density at radius 1 is 1.25 bits per heavy atom. The molecule has 0 amide bonds. The highest BCUT2D eigenvalue weighted by Crippen LogP contribution is 2.32. The predicted molar refractivity (Wildman–Crippen MR) is 68.6 cm³/mol. The van der Waals surface area contributed by atoms with Crippen molar-refractivity contribution in [3.05, 3.63) is 58.1 Å². The molecule has 1 aromatic carbocycles. The highest BCUT2D eigenvalue weighted by Gasteiger charge is 2.39. The van der Waals surface area contributed by atoms with Crippen LogP contribution in [0.2, 0.25) is 0 Å². The van der Waals surface area contributed by atoms with Crippen molar-refractivity contribution in [1.29, 1.82) is 0 Å². The van der Waals surface area contributed by atoms with Crippen LogP contribution in [0.1, 0.15) is 17.2 Å². The van der Waals surface area contributed by atoms with E-state index >= 15 is 0 Å². The van der Waals surface area contributed by atoms with Crippen LogP contribution in [0.4, 0.5) is 17.6 Å². The first-order valence-electron chi connectivity index (χ1n) is 5.62. The van der Waals surface area contributed by atoms with E-state index in [1.807, 2.05) is 0 Å². The average Bonchev–Trinajstić information content (AvgIpc) is 2.81. The molecule has 2 nitrogen and oxygen atoms in total. The second-order valence-electron chi connectivity index (χ2n) is 4.27. The van der Waals surface area contributed by atoms with Crippen LogP contribution >= 0.6 is 15.9 Å². The van der Waals surface area contributed by atoms with Gasteiger partial charge in [0, 0.05) is 24.5 Å². The van der Waals surface area contributed by atoms with Gasteiger partial charge >= 0.3 is 6.18 Å².